The van der Waals surface area contributed by atoms with E-state index in [-0.39, 0.29) is 11.8 Å². The summed E-state index contributed by atoms with van der Waals surface area (Å²) in [6, 6.07) is 15.5. The van der Waals surface area contributed by atoms with Gasteiger partial charge in [0.2, 0.25) is 5.91 Å². The summed E-state index contributed by atoms with van der Waals surface area (Å²) in [5, 5.41) is 0. The fourth-order valence-electron chi connectivity index (χ4n) is 3.65. The summed E-state index contributed by atoms with van der Waals surface area (Å²) in [6.45, 7) is 1.17. The number of hydrogen-bond donors (Lipinski definition) is 0. The van der Waals surface area contributed by atoms with Gasteiger partial charge in [0.25, 0.3) is 5.91 Å². The van der Waals surface area contributed by atoms with Crippen molar-refractivity contribution in [1.29, 1.82) is 0 Å². The number of nitrogens with zero attached hydrogens (tertiary/aromatic N) is 2. The van der Waals surface area contributed by atoms with Gasteiger partial charge in [-0.25, -0.2) is 0 Å². The zero-order valence-corrected chi connectivity index (χ0v) is 21.4. The third-order valence-corrected chi connectivity index (χ3v) is 6.92. The van der Waals surface area contributed by atoms with E-state index >= 15 is 0 Å². The minimum atomic E-state index is -0.0801. The number of hydrogen-bond acceptors (Lipinski definition) is 6. The van der Waals surface area contributed by atoms with E-state index in [0.717, 1.165) is 30.4 Å². The van der Waals surface area contributed by atoms with Gasteiger partial charge in [-0.3, -0.25) is 14.5 Å². The quantitative estimate of drug-likeness (QED) is 0.243. The lowest BCUT2D eigenvalue weighted by Crippen LogP contribution is -2.29. The van der Waals surface area contributed by atoms with Crippen molar-refractivity contribution in [3.8, 4) is 11.5 Å². The van der Waals surface area contributed by atoms with E-state index in [1.807, 2.05) is 61.7 Å². The van der Waals surface area contributed by atoms with E-state index in [1.165, 1.54) is 11.8 Å². The SMILES string of the molecule is COc1ccc(/C=C2\SC(=S)N(CCCCCC(=O)N(C)Cc3ccccc3)C2=O)cc1OC. The fraction of sp³-hybridized carbons (Fsp3) is 0.346. The largest absolute Gasteiger partial charge is 0.493 e. The number of ether oxygens (including phenoxy) is 2. The predicted octanol–water partition coefficient (Wildman–Crippen LogP) is 5.12. The number of rotatable bonds is 11. The first-order valence-corrected chi connectivity index (χ1v) is 12.4. The molecule has 180 valence electrons. The average molecular weight is 499 g/mol. The minimum absolute atomic E-state index is 0.0801. The highest BCUT2D eigenvalue weighted by Crippen LogP contribution is 2.34. The van der Waals surface area contributed by atoms with Crippen LogP contribution < -0.4 is 9.47 Å². The van der Waals surface area contributed by atoms with Crippen molar-refractivity contribution >= 4 is 46.2 Å². The maximum atomic E-state index is 12.9. The van der Waals surface area contributed by atoms with Crippen LogP contribution in [0.15, 0.2) is 53.4 Å². The summed E-state index contributed by atoms with van der Waals surface area (Å²) in [6.07, 6.45) is 4.76. The van der Waals surface area contributed by atoms with Crippen LogP contribution in [-0.2, 0) is 16.1 Å². The van der Waals surface area contributed by atoms with Gasteiger partial charge in [-0.05, 0) is 42.2 Å². The molecule has 0 radical (unpaired) electrons. The maximum absolute atomic E-state index is 12.9. The predicted molar refractivity (Wildman–Crippen MR) is 141 cm³/mol. The Kier molecular flexibility index (Phi) is 9.53. The Balaban J connectivity index is 1.45. The molecule has 1 fully saturated rings. The monoisotopic (exact) mass is 498 g/mol. The van der Waals surface area contributed by atoms with Crippen molar-refractivity contribution in [2.75, 3.05) is 27.8 Å². The van der Waals surface area contributed by atoms with E-state index in [4.69, 9.17) is 21.7 Å². The summed E-state index contributed by atoms with van der Waals surface area (Å²) in [4.78, 5) is 29.3. The number of carbonyl (C=O) groups is 2. The molecule has 0 aliphatic carbocycles. The van der Waals surface area contributed by atoms with Gasteiger partial charge in [0, 0.05) is 26.6 Å². The first-order chi connectivity index (χ1) is 16.4. The van der Waals surface area contributed by atoms with Crippen molar-refractivity contribution in [2.45, 2.75) is 32.2 Å². The Bertz CT molecular complexity index is 1060. The zero-order valence-electron chi connectivity index (χ0n) is 19.8. The van der Waals surface area contributed by atoms with Crippen molar-refractivity contribution in [3.63, 3.8) is 0 Å². The van der Waals surface area contributed by atoms with Gasteiger partial charge >= 0.3 is 0 Å². The molecule has 2 aromatic carbocycles. The van der Waals surface area contributed by atoms with Crippen molar-refractivity contribution in [2.24, 2.45) is 0 Å². The minimum Gasteiger partial charge on any atom is -0.493 e. The molecule has 1 aliphatic rings. The Hall–Kier alpha value is -2.84. The van der Waals surface area contributed by atoms with E-state index in [0.29, 0.717) is 40.2 Å². The van der Waals surface area contributed by atoms with Gasteiger partial charge in [0.15, 0.2) is 11.5 Å². The van der Waals surface area contributed by atoms with Crippen LogP contribution in [0.5, 0.6) is 11.5 Å². The summed E-state index contributed by atoms with van der Waals surface area (Å²) < 4.78 is 11.2. The van der Waals surface area contributed by atoms with E-state index < -0.39 is 0 Å². The van der Waals surface area contributed by atoms with Crippen LogP contribution in [0.4, 0.5) is 0 Å². The van der Waals surface area contributed by atoms with Crippen LogP contribution in [-0.4, -0.2) is 53.7 Å². The van der Waals surface area contributed by atoms with E-state index in [2.05, 4.69) is 0 Å². The topological polar surface area (TPSA) is 59.1 Å². The van der Waals surface area contributed by atoms with E-state index in [9.17, 15) is 9.59 Å². The molecule has 2 amide bonds. The van der Waals surface area contributed by atoms with Crippen LogP contribution in [0.2, 0.25) is 0 Å². The molecule has 1 heterocycles. The highest BCUT2D eigenvalue weighted by atomic mass is 32.2. The molecule has 0 saturated carbocycles. The van der Waals surface area contributed by atoms with Gasteiger partial charge < -0.3 is 14.4 Å². The van der Waals surface area contributed by atoms with Crippen LogP contribution in [0.1, 0.15) is 36.8 Å². The molecular formula is C26H30N2O4S2. The van der Waals surface area contributed by atoms with Crippen LogP contribution in [0.25, 0.3) is 6.08 Å². The highest BCUT2D eigenvalue weighted by Gasteiger charge is 2.31. The number of methoxy groups -OCH3 is 2. The second-order valence-electron chi connectivity index (χ2n) is 7.99. The van der Waals surface area contributed by atoms with Crippen molar-refractivity contribution in [1.82, 2.24) is 9.80 Å². The Labute approximate surface area is 210 Å². The fourth-order valence-corrected chi connectivity index (χ4v) is 4.95. The number of unbranched alkanes of at least 4 members (excludes halogenated alkanes) is 2. The summed E-state index contributed by atoms with van der Waals surface area (Å²) in [5.41, 5.74) is 1.96. The summed E-state index contributed by atoms with van der Waals surface area (Å²) in [7, 11) is 5.00. The standard InChI is InChI=1S/C26H30N2O4S2/c1-27(18-19-10-6-4-7-11-19)24(29)12-8-5-9-15-28-25(30)23(34-26(28)33)17-20-13-14-21(31-2)22(16-20)32-3/h4,6-7,10-11,13-14,16-17H,5,8-9,12,15,18H2,1-3H3/b23-17-. The second-order valence-corrected chi connectivity index (χ2v) is 9.67. The van der Waals surface area contributed by atoms with Crippen molar-refractivity contribution < 1.29 is 19.1 Å². The third-order valence-electron chi connectivity index (χ3n) is 5.54. The summed E-state index contributed by atoms with van der Waals surface area (Å²) >= 11 is 6.75. The first kappa shape index (κ1) is 25.8. The highest BCUT2D eigenvalue weighted by molar-refractivity contribution is 8.26. The Morgan fingerprint density at radius 1 is 1.06 bits per heavy atom. The Morgan fingerprint density at radius 3 is 2.50 bits per heavy atom. The average Bonchev–Trinajstić information content (AvgIpc) is 3.11. The number of thioether (sulfide) groups is 1. The van der Waals surface area contributed by atoms with E-state index in [1.54, 1.807) is 24.0 Å². The normalized spacial score (nSPS) is 14.6. The lowest BCUT2D eigenvalue weighted by atomic mass is 10.1. The maximum Gasteiger partial charge on any atom is 0.266 e. The lowest BCUT2D eigenvalue weighted by molar-refractivity contribution is -0.130. The van der Waals surface area contributed by atoms with Crippen LogP contribution in [0.3, 0.4) is 0 Å². The van der Waals surface area contributed by atoms with Gasteiger partial charge in [-0.15, -0.1) is 0 Å². The van der Waals surface area contributed by atoms with Crippen molar-refractivity contribution in [3.05, 3.63) is 64.6 Å². The molecule has 1 aliphatic heterocycles. The van der Waals surface area contributed by atoms with Crippen LogP contribution >= 0.6 is 24.0 Å². The molecule has 2 aromatic rings. The molecule has 0 spiro atoms. The molecule has 6 nitrogen and oxygen atoms in total. The smallest absolute Gasteiger partial charge is 0.266 e. The summed E-state index contributed by atoms with van der Waals surface area (Å²) in [5.74, 6) is 1.29. The van der Waals surface area contributed by atoms with Gasteiger partial charge in [-0.2, -0.15) is 0 Å². The molecule has 3 rings (SSSR count). The molecule has 34 heavy (non-hydrogen) atoms. The van der Waals surface area contributed by atoms with Gasteiger partial charge in [0.1, 0.15) is 4.32 Å². The first-order valence-electron chi connectivity index (χ1n) is 11.2. The van der Waals surface area contributed by atoms with Gasteiger partial charge in [0.05, 0.1) is 19.1 Å². The van der Waals surface area contributed by atoms with Gasteiger partial charge in [-0.1, -0.05) is 66.8 Å². The zero-order chi connectivity index (χ0) is 24.5. The molecule has 0 bridgehead atoms. The van der Waals surface area contributed by atoms with Crippen LogP contribution in [0, 0.1) is 0 Å². The molecule has 0 unspecified atom stereocenters. The molecule has 8 heteroatoms. The molecule has 0 N–H and O–H groups in total. The molecular weight excluding hydrogens is 468 g/mol. The third kappa shape index (κ3) is 6.84. The number of amides is 2. The molecule has 1 saturated heterocycles. The lowest BCUT2D eigenvalue weighted by Gasteiger charge is -2.17. The second kappa shape index (κ2) is 12.6. The molecule has 0 atom stereocenters. The number of benzene rings is 2. The Morgan fingerprint density at radius 2 is 1.79 bits per heavy atom. The number of carbonyl (C=O) groups excluding carboxylic acids is 2. The number of thiocarbonyl (C=S) groups is 1. The molecule has 0 aromatic heterocycles.